The second kappa shape index (κ2) is 5.48. The first-order chi connectivity index (χ1) is 8.49. The van der Waals surface area contributed by atoms with Crippen LogP contribution in [0.1, 0.15) is 22.9 Å². The van der Waals surface area contributed by atoms with Crippen LogP contribution in [0, 0.1) is 6.92 Å². The molecule has 1 unspecified atom stereocenters. The Balaban J connectivity index is 2.46. The van der Waals surface area contributed by atoms with Crippen LogP contribution in [0.25, 0.3) is 0 Å². The van der Waals surface area contributed by atoms with Crippen LogP contribution >= 0.6 is 34.8 Å². The van der Waals surface area contributed by atoms with Crippen LogP contribution < -0.4 is 0 Å². The molecule has 0 aliphatic rings. The van der Waals surface area contributed by atoms with Crippen molar-refractivity contribution in [2.24, 2.45) is 0 Å². The molecule has 0 aliphatic carbocycles. The van der Waals surface area contributed by atoms with Gasteiger partial charge in [0.2, 0.25) is 0 Å². The van der Waals surface area contributed by atoms with Gasteiger partial charge in [-0.05, 0) is 42.3 Å². The fourth-order valence-electron chi connectivity index (χ4n) is 1.75. The van der Waals surface area contributed by atoms with Gasteiger partial charge in [-0.25, -0.2) is 4.39 Å². The fraction of sp³-hybridized carbons (Fsp3) is 0.143. The van der Waals surface area contributed by atoms with E-state index in [0.717, 1.165) is 5.56 Å². The Morgan fingerprint density at radius 3 is 1.94 bits per heavy atom. The minimum Gasteiger partial charge on any atom is -0.237 e. The highest BCUT2D eigenvalue weighted by molar-refractivity contribution is 6.36. The van der Waals surface area contributed by atoms with Crippen LogP contribution in [-0.2, 0) is 0 Å². The molecular weight excluding hydrogens is 294 g/mol. The Morgan fingerprint density at radius 1 is 0.944 bits per heavy atom. The van der Waals surface area contributed by atoms with E-state index in [0.29, 0.717) is 26.2 Å². The first kappa shape index (κ1) is 13.7. The summed E-state index contributed by atoms with van der Waals surface area (Å²) in [6, 6.07) is 9.93. The van der Waals surface area contributed by atoms with Crippen LogP contribution in [0.2, 0.25) is 15.1 Å². The summed E-state index contributed by atoms with van der Waals surface area (Å²) in [5, 5.41) is 1.23. The van der Waals surface area contributed by atoms with Gasteiger partial charge in [-0.15, -0.1) is 0 Å². The van der Waals surface area contributed by atoms with Gasteiger partial charge in [0, 0.05) is 20.6 Å². The molecule has 0 saturated heterocycles. The van der Waals surface area contributed by atoms with Crippen molar-refractivity contribution in [1.82, 2.24) is 0 Å². The van der Waals surface area contributed by atoms with Gasteiger partial charge in [0.1, 0.15) is 0 Å². The second-order valence-corrected chi connectivity index (χ2v) is 5.31. The maximum Gasteiger partial charge on any atom is 0.153 e. The number of hydrogen-bond donors (Lipinski definition) is 0. The summed E-state index contributed by atoms with van der Waals surface area (Å²) in [5.41, 5.74) is 1.68. The van der Waals surface area contributed by atoms with Crippen LogP contribution in [0.4, 0.5) is 4.39 Å². The summed E-state index contributed by atoms with van der Waals surface area (Å²) >= 11 is 17.9. The Morgan fingerprint density at radius 2 is 1.44 bits per heavy atom. The maximum atomic E-state index is 14.4. The van der Waals surface area contributed by atoms with Gasteiger partial charge in [-0.3, -0.25) is 0 Å². The quantitative estimate of drug-likeness (QED) is 0.637. The average molecular weight is 304 g/mol. The molecule has 0 nitrogen and oxygen atoms in total. The fourth-order valence-corrected chi connectivity index (χ4v) is 2.67. The average Bonchev–Trinajstić information content (AvgIpc) is 2.28. The molecule has 0 aromatic heterocycles. The van der Waals surface area contributed by atoms with E-state index in [9.17, 15) is 4.39 Å². The predicted octanol–water partition coefficient (Wildman–Crippen LogP) is 6.01. The third kappa shape index (κ3) is 2.80. The molecule has 0 radical (unpaired) electrons. The van der Waals surface area contributed by atoms with Crippen LogP contribution in [0.3, 0.4) is 0 Å². The van der Waals surface area contributed by atoms with Crippen molar-refractivity contribution in [2.75, 3.05) is 0 Å². The van der Waals surface area contributed by atoms with E-state index >= 15 is 0 Å². The lowest BCUT2D eigenvalue weighted by atomic mass is 10.0. The molecule has 94 valence electrons. The summed E-state index contributed by atoms with van der Waals surface area (Å²) in [7, 11) is 0. The van der Waals surface area contributed by atoms with Crippen molar-refractivity contribution >= 4 is 34.8 Å². The highest BCUT2D eigenvalue weighted by atomic mass is 35.5. The summed E-state index contributed by atoms with van der Waals surface area (Å²) in [4.78, 5) is 0. The zero-order valence-electron chi connectivity index (χ0n) is 9.55. The van der Waals surface area contributed by atoms with Gasteiger partial charge in [-0.2, -0.15) is 0 Å². The molecule has 2 aromatic carbocycles. The van der Waals surface area contributed by atoms with Gasteiger partial charge in [0.15, 0.2) is 6.17 Å². The van der Waals surface area contributed by atoms with Crippen LogP contribution in [0.5, 0.6) is 0 Å². The van der Waals surface area contributed by atoms with Crippen molar-refractivity contribution < 1.29 is 4.39 Å². The molecule has 0 saturated carbocycles. The number of benzene rings is 2. The summed E-state index contributed by atoms with van der Waals surface area (Å²) in [5.74, 6) is 0. The minimum absolute atomic E-state index is 0.297. The third-order valence-electron chi connectivity index (χ3n) is 2.64. The number of alkyl halides is 1. The van der Waals surface area contributed by atoms with Crippen molar-refractivity contribution in [3.05, 3.63) is 68.2 Å². The largest absolute Gasteiger partial charge is 0.237 e. The zero-order chi connectivity index (χ0) is 13.3. The number of aryl methyl sites for hydroxylation is 1. The van der Waals surface area contributed by atoms with Gasteiger partial charge in [0.05, 0.1) is 0 Å². The SMILES string of the molecule is Cc1cc(Cl)c(C(F)c2ccc(Cl)cc2)c(Cl)c1. The van der Waals surface area contributed by atoms with E-state index in [1.165, 1.54) is 0 Å². The summed E-state index contributed by atoms with van der Waals surface area (Å²) in [6.07, 6.45) is -1.36. The van der Waals surface area contributed by atoms with Crippen molar-refractivity contribution in [2.45, 2.75) is 13.1 Å². The Hall–Kier alpha value is -0.760. The van der Waals surface area contributed by atoms with Crippen LogP contribution in [-0.4, -0.2) is 0 Å². The lowest BCUT2D eigenvalue weighted by Crippen LogP contribution is -1.97. The molecule has 0 spiro atoms. The normalized spacial score (nSPS) is 12.5. The highest BCUT2D eigenvalue weighted by Gasteiger charge is 2.19. The molecule has 2 rings (SSSR count). The lowest BCUT2D eigenvalue weighted by molar-refractivity contribution is 0.402. The Kier molecular flexibility index (Phi) is 4.16. The maximum absolute atomic E-state index is 14.4. The second-order valence-electron chi connectivity index (χ2n) is 4.06. The topological polar surface area (TPSA) is 0 Å². The molecule has 18 heavy (non-hydrogen) atoms. The molecule has 0 aliphatic heterocycles. The Bertz CT molecular complexity index is 541. The van der Waals surface area contributed by atoms with Crippen LogP contribution in [0.15, 0.2) is 36.4 Å². The van der Waals surface area contributed by atoms with E-state index in [-0.39, 0.29) is 0 Å². The smallest absolute Gasteiger partial charge is 0.153 e. The van der Waals surface area contributed by atoms with Crippen molar-refractivity contribution in [3.8, 4) is 0 Å². The van der Waals surface area contributed by atoms with E-state index in [4.69, 9.17) is 34.8 Å². The number of hydrogen-bond acceptors (Lipinski definition) is 0. The first-order valence-electron chi connectivity index (χ1n) is 5.34. The van der Waals surface area contributed by atoms with Gasteiger partial charge in [-0.1, -0.05) is 46.9 Å². The van der Waals surface area contributed by atoms with E-state index in [2.05, 4.69) is 0 Å². The van der Waals surface area contributed by atoms with Gasteiger partial charge >= 0.3 is 0 Å². The van der Waals surface area contributed by atoms with Gasteiger partial charge in [0.25, 0.3) is 0 Å². The monoisotopic (exact) mass is 302 g/mol. The summed E-state index contributed by atoms with van der Waals surface area (Å²) < 4.78 is 14.4. The minimum atomic E-state index is -1.36. The molecule has 4 heteroatoms. The van der Waals surface area contributed by atoms with Crippen molar-refractivity contribution in [1.29, 1.82) is 0 Å². The molecule has 0 N–H and O–H groups in total. The molecule has 1 atom stereocenters. The lowest BCUT2D eigenvalue weighted by Gasteiger charge is -2.13. The molecule has 0 amide bonds. The molecule has 0 heterocycles. The van der Waals surface area contributed by atoms with Crippen molar-refractivity contribution in [3.63, 3.8) is 0 Å². The standard InChI is InChI=1S/C14H10Cl3F/c1-8-6-11(16)13(12(17)7-8)14(18)9-2-4-10(15)5-3-9/h2-7,14H,1H3. The Labute approximate surface area is 120 Å². The van der Waals surface area contributed by atoms with E-state index in [1.54, 1.807) is 36.4 Å². The molecule has 0 fully saturated rings. The highest BCUT2D eigenvalue weighted by Crippen LogP contribution is 2.37. The van der Waals surface area contributed by atoms with E-state index in [1.807, 2.05) is 6.92 Å². The first-order valence-corrected chi connectivity index (χ1v) is 6.47. The molecular formula is C14H10Cl3F. The number of halogens is 4. The van der Waals surface area contributed by atoms with E-state index < -0.39 is 6.17 Å². The predicted molar refractivity (Wildman–Crippen MR) is 75.6 cm³/mol. The number of rotatable bonds is 2. The third-order valence-corrected chi connectivity index (χ3v) is 3.52. The molecule has 0 bridgehead atoms. The summed E-state index contributed by atoms with van der Waals surface area (Å²) in [6.45, 7) is 1.86. The zero-order valence-corrected chi connectivity index (χ0v) is 11.8. The molecule has 2 aromatic rings. The van der Waals surface area contributed by atoms with Gasteiger partial charge < -0.3 is 0 Å².